The second-order valence-electron chi connectivity index (χ2n) is 3.98. The van der Waals surface area contributed by atoms with Crippen molar-refractivity contribution in [3.8, 4) is 0 Å². The standard InChI is InChI=1S/C12H18N2O2/c1-8-3-5-10(6-4-8)11(13)12(16)14-9(2)7-15/h3-6,9,11,15H,7,13H2,1-2H3,(H,14,16)/t9-,11?/m0/s1. The van der Waals surface area contributed by atoms with E-state index in [9.17, 15) is 4.79 Å². The fourth-order valence-corrected chi connectivity index (χ4v) is 1.30. The Kier molecular flexibility index (Phi) is 4.46. The molecule has 1 rings (SSSR count). The average molecular weight is 222 g/mol. The molecule has 0 saturated carbocycles. The minimum absolute atomic E-state index is 0.0909. The van der Waals surface area contributed by atoms with Crippen LogP contribution in [0.1, 0.15) is 24.1 Å². The van der Waals surface area contributed by atoms with E-state index >= 15 is 0 Å². The third-order valence-corrected chi connectivity index (χ3v) is 2.38. The Morgan fingerprint density at radius 3 is 2.50 bits per heavy atom. The van der Waals surface area contributed by atoms with Gasteiger partial charge in [-0.1, -0.05) is 29.8 Å². The van der Waals surface area contributed by atoms with Crippen molar-refractivity contribution in [1.29, 1.82) is 0 Å². The van der Waals surface area contributed by atoms with E-state index in [0.717, 1.165) is 11.1 Å². The number of rotatable bonds is 4. The molecule has 0 aromatic heterocycles. The van der Waals surface area contributed by atoms with Gasteiger partial charge in [0.25, 0.3) is 0 Å². The quantitative estimate of drug-likeness (QED) is 0.694. The van der Waals surface area contributed by atoms with Crippen LogP contribution in [0.25, 0.3) is 0 Å². The maximum atomic E-state index is 11.7. The summed E-state index contributed by atoms with van der Waals surface area (Å²) < 4.78 is 0. The van der Waals surface area contributed by atoms with Crippen molar-refractivity contribution in [2.45, 2.75) is 25.9 Å². The molecular weight excluding hydrogens is 204 g/mol. The second-order valence-corrected chi connectivity index (χ2v) is 3.98. The Balaban J connectivity index is 2.66. The molecule has 0 spiro atoms. The first-order chi connectivity index (χ1) is 7.54. The van der Waals surface area contributed by atoms with Gasteiger partial charge >= 0.3 is 0 Å². The summed E-state index contributed by atoms with van der Waals surface area (Å²) in [6, 6.07) is 6.54. The van der Waals surface area contributed by atoms with Gasteiger partial charge in [0.1, 0.15) is 6.04 Å². The molecule has 0 heterocycles. The minimum atomic E-state index is -0.686. The molecule has 0 saturated heterocycles. The summed E-state index contributed by atoms with van der Waals surface area (Å²) in [4.78, 5) is 11.7. The summed E-state index contributed by atoms with van der Waals surface area (Å²) in [5, 5.41) is 11.4. The Morgan fingerprint density at radius 1 is 1.44 bits per heavy atom. The number of hydrogen-bond acceptors (Lipinski definition) is 3. The number of hydrogen-bond donors (Lipinski definition) is 3. The molecule has 88 valence electrons. The average Bonchev–Trinajstić information content (AvgIpc) is 2.28. The number of aryl methyl sites for hydroxylation is 1. The first kappa shape index (κ1) is 12.7. The Hall–Kier alpha value is -1.39. The van der Waals surface area contributed by atoms with Gasteiger partial charge in [0.15, 0.2) is 0 Å². The van der Waals surface area contributed by atoms with Crippen LogP contribution in [0.5, 0.6) is 0 Å². The number of amides is 1. The van der Waals surface area contributed by atoms with Crippen LogP contribution in [-0.4, -0.2) is 23.7 Å². The highest BCUT2D eigenvalue weighted by Gasteiger charge is 2.16. The van der Waals surface area contributed by atoms with Crippen LogP contribution in [0.3, 0.4) is 0 Å². The molecule has 0 aliphatic rings. The molecular formula is C12H18N2O2. The van der Waals surface area contributed by atoms with Crippen LogP contribution in [-0.2, 0) is 4.79 Å². The maximum absolute atomic E-state index is 11.7. The molecule has 4 N–H and O–H groups in total. The van der Waals surface area contributed by atoms with Crippen molar-refractivity contribution in [1.82, 2.24) is 5.32 Å². The van der Waals surface area contributed by atoms with Gasteiger partial charge in [-0.15, -0.1) is 0 Å². The Morgan fingerprint density at radius 2 is 2.00 bits per heavy atom. The van der Waals surface area contributed by atoms with Gasteiger partial charge in [-0.2, -0.15) is 0 Å². The smallest absolute Gasteiger partial charge is 0.241 e. The van der Waals surface area contributed by atoms with E-state index in [1.54, 1.807) is 6.92 Å². The molecule has 4 heteroatoms. The monoisotopic (exact) mass is 222 g/mol. The molecule has 0 fully saturated rings. The van der Waals surface area contributed by atoms with Crippen molar-refractivity contribution in [3.63, 3.8) is 0 Å². The van der Waals surface area contributed by atoms with Crippen LogP contribution in [0.15, 0.2) is 24.3 Å². The van der Waals surface area contributed by atoms with E-state index in [4.69, 9.17) is 10.8 Å². The van der Waals surface area contributed by atoms with Gasteiger partial charge in [0.2, 0.25) is 5.91 Å². The zero-order valence-electron chi connectivity index (χ0n) is 9.60. The number of nitrogens with one attached hydrogen (secondary N) is 1. The second kappa shape index (κ2) is 5.63. The highest BCUT2D eigenvalue weighted by atomic mass is 16.3. The van der Waals surface area contributed by atoms with E-state index in [2.05, 4.69) is 5.32 Å². The predicted molar refractivity (Wildman–Crippen MR) is 62.8 cm³/mol. The third kappa shape index (κ3) is 3.32. The lowest BCUT2D eigenvalue weighted by Crippen LogP contribution is -2.41. The van der Waals surface area contributed by atoms with Crippen LogP contribution >= 0.6 is 0 Å². The normalized spacial score (nSPS) is 14.2. The van der Waals surface area contributed by atoms with Crippen molar-refractivity contribution < 1.29 is 9.90 Å². The summed E-state index contributed by atoms with van der Waals surface area (Å²) in [5.74, 6) is -0.273. The lowest BCUT2D eigenvalue weighted by molar-refractivity contribution is -0.123. The van der Waals surface area contributed by atoms with Crippen molar-refractivity contribution in [2.75, 3.05) is 6.61 Å². The lowest BCUT2D eigenvalue weighted by Gasteiger charge is -2.16. The summed E-state index contributed by atoms with van der Waals surface area (Å²) >= 11 is 0. The first-order valence-corrected chi connectivity index (χ1v) is 5.28. The van der Waals surface area contributed by atoms with Crippen molar-refractivity contribution in [2.24, 2.45) is 5.73 Å². The van der Waals surface area contributed by atoms with E-state index in [-0.39, 0.29) is 18.6 Å². The minimum Gasteiger partial charge on any atom is -0.394 e. The molecule has 0 aliphatic heterocycles. The van der Waals surface area contributed by atoms with Crippen LogP contribution in [0, 0.1) is 6.92 Å². The van der Waals surface area contributed by atoms with E-state index < -0.39 is 6.04 Å². The highest BCUT2D eigenvalue weighted by molar-refractivity contribution is 5.83. The zero-order chi connectivity index (χ0) is 12.1. The molecule has 2 atom stereocenters. The molecule has 1 unspecified atom stereocenters. The Labute approximate surface area is 95.5 Å². The van der Waals surface area contributed by atoms with Crippen LogP contribution in [0.4, 0.5) is 0 Å². The molecule has 1 amide bonds. The topological polar surface area (TPSA) is 75.4 Å². The third-order valence-electron chi connectivity index (χ3n) is 2.38. The van der Waals surface area contributed by atoms with Gasteiger partial charge < -0.3 is 16.2 Å². The van der Waals surface area contributed by atoms with Gasteiger partial charge in [0.05, 0.1) is 6.61 Å². The number of aliphatic hydroxyl groups excluding tert-OH is 1. The van der Waals surface area contributed by atoms with Gasteiger partial charge in [-0.3, -0.25) is 4.79 Å². The highest BCUT2D eigenvalue weighted by Crippen LogP contribution is 2.11. The summed E-state index contributed by atoms with van der Waals surface area (Å²) in [6.45, 7) is 3.61. The first-order valence-electron chi connectivity index (χ1n) is 5.28. The molecule has 1 aromatic rings. The molecule has 4 nitrogen and oxygen atoms in total. The molecule has 0 radical (unpaired) electrons. The predicted octanol–water partition coefficient (Wildman–Crippen LogP) is 0.492. The largest absolute Gasteiger partial charge is 0.394 e. The van der Waals surface area contributed by atoms with Crippen molar-refractivity contribution >= 4 is 5.91 Å². The van der Waals surface area contributed by atoms with Gasteiger partial charge in [0, 0.05) is 6.04 Å². The number of nitrogens with two attached hydrogens (primary N) is 1. The molecule has 0 bridgehead atoms. The van der Waals surface area contributed by atoms with Crippen LogP contribution < -0.4 is 11.1 Å². The number of carbonyl (C=O) groups is 1. The number of benzene rings is 1. The van der Waals surface area contributed by atoms with Gasteiger partial charge in [-0.25, -0.2) is 0 Å². The van der Waals surface area contributed by atoms with E-state index in [0.29, 0.717) is 0 Å². The number of aliphatic hydroxyl groups is 1. The maximum Gasteiger partial charge on any atom is 0.241 e. The number of carbonyl (C=O) groups excluding carboxylic acids is 1. The van der Waals surface area contributed by atoms with Crippen molar-refractivity contribution in [3.05, 3.63) is 35.4 Å². The Bertz CT molecular complexity index is 349. The SMILES string of the molecule is Cc1ccc(C(N)C(=O)N[C@@H](C)CO)cc1. The lowest BCUT2D eigenvalue weighted by atomic mass is 10.1. The summed E-state index contributed by atoms with van der Waals surface area (Å²) in [5.41, 5.74) is 7.69. The molecule has 16 heavy (non-hydrogen) atoms. The fraction of sp³-hybridized carbons (Fsp3) is 0.417. The van der Waals surface area contributed by atoms with E-state index in [1.807, 2.05) is 31.2 Å². The summed E-state index contributed by atoms with van der Waals surface area (Å²) in [6.07, 6.45) is 0. The molecule has 1 aromatic carbocycles. The summed E-state index contributed by atoms with van der Waals surface area (Å²) in [7, 11) is 0. The van der Waals surface area contributed by atoms with E-state index in [1.165, 1.54) is 0 Å². The zero-order valence-corrected chi connectivity index (χ0v) is 9.60. The van der Waals surface area contributed by atoms with Gasteiger partial charge in [-0.05, 0) is 19.4 Å². The fourth-order valence-electron chi connectivity index (χ4n) is 1.30. The molecule has 0 aliphatic carbocycles. The van der Waals surface area contributed by atoms with Crippen LogP contribution in [0.2, 0.25) is 0 Å².